The maximum atomic E-state index is 5.57. The average Bonchev–Trinajstić information content (AvgIpc) is 3.11. The molecule has 0 amide bonds. The number of ether oxygens (including phenoxy) is 1. The minimum absolute atomic E-state index is 0.382. The molecule has 0 radical (unpaired) electrons. The van der Waals surface area contributed by atoms with Gasteiger partial charge in [-0.15, -0.1) is 0 Å². The van der Waals surface area contributed by atoms with Gasteiger partial charge in [0.15, 0.2) is 0 Å². The maximum absolute atomic E-state index is 5.57. The molecule has 2 nitrogen and oxygen atoms in total. The van der Waals surface area contributed by atoms with Crippen LogP contribution in [0.4, 0.5) is 0 Å². The highest BCUT2D eigenvalue weighted by atomic mass is 16.5. The van der Waals surface area contributed by atoms with Crippen molar-refractivity contribution in [3.8, 4) is 0 Å². The van der Waals surface area contributed by atoms with Gasteiger partial charge in [-0.3, -0.25) is 4.90 Å². The zero-order valence-electron chi connectivity index (χ0n) is 10.8. The van der Waals surface area contributed by atoms with Crippen molar-refractivity contribution in [1.82, 2.24) is 4.90 Å². The van der Waals surface area contributed by atoms with Gasteiger partial charge in [0.05, 0.1) is 6.61 Å². The van der Waals surface area contributed by atoms with Crippen molar-refractivity contribution in [3.05, 3.63) is 23.8 Å². The highest BCUT2D eigenvalue weighted by molar-refractivity contribution is 5.40. The Labute approximate surface area is 104 Å². The van der Waals surface area contributed by atoms with Crippen molar-refractivity contribution in [2.24, 2.45) is 5.92 Å². The van der Waals surface area contributed by atoms with Gasteiger partial charge in [0.25, 0.3) is 0 Å². The normalized spacial score (nSPS) is 37.2. The van der Waals surface area contributed by atoms with Crippen LogP contribution in [0.5, 0.6) is 0 Å². The van der Waals surface area contributed by atoms with Gasteiger partial charge < -0.3 is 4.74 Å². The molecule has 0 N–H and O–H groups in total. The molecule has 0 bridgehead atoms. The quantitative estimate of drug-likeness (QED) is 0.743. The highest BCUT2D eigenvalue weighted by Crippen LogP contribution is 2.56. The van der Waals surface area contributed by atoms with Gasteiger partial charge in [0.1, 0.15) is 0 Å². The molecule has 2 fully saturated rings. The minimum Gasteiger partial charge on any atom is -0.380 e. The third kappa shape index (κ3) is 1.98. The predicted octanol–water partition coefficient (Wildman–Crippen LogP) is 2.76. The molecular formula is C15H23NO. The van der Waals surface area contributed by atoms with Crippen molar-refractivity contribution < 1.29 is 4.74 Å². The van der Waals surface area contributed by atoms with Crippen LogP contribution in [0.15, 0.2) is 23.8 Å². The second-order valence-electron chi connectivity index (χ2n) is 5.55. The molecule has 2 atom stereocenters. The van der Waals surface area contributed by atoms with Crippen LogP contribution < -0.4 is 0 Å². The molecule has 1 heterocycles. The van der Waals surface area contributed by atoms with Crippen LogP contribution in [0.25, 0.3) is 0 Å². The Bertz CT molecular complexity index is 339. The van der Waals surface area contributed by atoms with Crippen LogP contribution in [-0.2, 0) is 4.74 Å². The van der Waals surface area contributed by atoms with E-state index in [1.807, 2.05) is 0 Å². The van der Waals surface area contributed by atoms with Gasteiger partial charge in [-0.25, -0.2) is 0 Å². The molecule has 2 unspecified atom stereocenters. The fourth-order valence-electron chi connectivity index (χ4n) is 3.52. The van der Waals surface area contributed by atoms with E-state index < -0.39 is 0 Å². The SMILES string of the molecule is CCCC1=CC=CC2(N3CCCOCC3)CC12. The van der Waals surface area contributed by atoms with Crippen LogP contribution in [0.3, 0.4) is 0 Å². The van der Waals surface area contributed by atoms with Crippen molar-refractivity contribution in [1.29, 1.82) is 0 Å². The lowest BCUT2D eigenvalue weighted by Gasteiger charge is -2.31. The molecule has 0 aromatic carbocycles. The standard InChI is InChI=1S/C15H23NO/c1-2-5-13-6-3-7-15(12-14(13)15)16-8-4-10-17-11-9-16/h3,6-7,14H,2,4-5,8-12H2,1H3. The molecule has 1 saturated heterocycles. The Morgan fingerprint density at radius 3 is 3.24 bits per heavy atom. The van der Waals surface area contributed by atoms with Gasteiger partial charge >= 0.3 is 0 Å². The largest absolute Gasteiger partial charge is 0.380 e. The Hall–Kier alpha value is -0.600. The molecule has 0 aromatic heterocycles. The summed E-state index contributed by atoms with van der Waals surface area (Å²) in [5.74, 6) is 0.811. The summed E-state index contributed by atoms with van der Waals surface area (Å²) in [6.45, 7) is 6.46. The third-order valence-corrected chi connectivity index (χ3v) is 4.47. The first-order chi connectivity index (χ1) is 8.37. The first-order valence-corrected chi connectivity index (χ1v) is 7.08. The number of nitrogens with zero attached hydrogens (tertiary/aromatic N) is 1. The molecule has 1 saturated carbocycles. The van der Waals surface area contributed by atoms with E-state index in [0.717, 1.165) is 25.7 Å². The summed E-state index contributed by atoms with van der Waals surface area (Å²) >= 11 is 0. The Morgan fingerprint density at radius 1 is 1.41 bits per heavy atom. The molecule has 0 aromatic rings. The van der Waals surface area contributed by atoms with Gasteiger partial charge in [-0.2, -0.15) is 0 Å². The summed E-state index contributed by atoms with van der Waals surface area (Å²) in [5.41, 5.74) is 2.06. The van der Waals surface area contributed by atoms with Crippen LogP contribution in [-0.4, -0.2) is 36.7 Å². The molecule has 3 aliphatic rings. The molecule has 2 heteroatoms. The molecule has 2 aliphatic carbocycles. The number of hydrogen-bond donors (Lipinski definition) is 0. The molecular weight excluding hydrogens is 210 g/mol. The van der Waals surface area contributed by atoms with Gasteiger partial charge in [-0.1, -0.05) is 37.1 Å². The Balaban J connectivity index is 1.73. The zero-order chi connectivity index (χ0) is 11.7. The summed E-state index contributed by atoms with van der Waals surface area (Å²) < 4.78 is 5.57. The summed E-state index contributed by atoms with van der Waals surface area (Å²) in [5, 5.41) is 0. The van der Waals surface area contributed by atoms with E-state index in [1.54, 1.807) is 5.57 Å². The molecule has 0 spiro atoms. The van der Waals surface area contributed by atoms with E-state index in [-0.39, 0.29) is 0 Å². The maximum Gasteiger partial charge on any atom is 0.0593 e. The van der Waals surface area contributed by atoms with Crippen LogP contribution in [0.2, 0.25) is 0 Å². The van der Waals surface area contributed by atoms with Crippen molar-refractivity contribution >= 4 is 0 Å². The summed E-state index contributed by atoms with van der Waals surface area (Å²) in [7, 11) is 0. The Morgan fingerprint density at radius 2 is 2.35 bits per heavy atom. The number of hydrogen-bond acceptors (Lipinski definition) is 2. The highest BCUT2D eigenvalue weighted by Gasteiger charge is 2.57. The van der Waals surface area contributed by atoms with E-state index in [0.29, 0.717) is 5.54 Å². The van der Waals surface area contributed by atoms with Crippen molar-refractivity contribution in [2.75, 3.05) is 26.3 Å². The third-order valence-electron chi connectivity index (χ3n) is 4.47. The lowest BCUT2D eigenvalue weighted by Crippen LogP contribution is -2.40. The smallest absolute Gasteiger partial charge is 0.0593 e. The monoisotopic (exact) mass is 233 g/mol. The number of rotatable bonds is 3. The summed E-state index contributed by atoms with van der Waals surface area (Å²) in [4.78, 5) is 2.67. The van der Waals surface area contributed by atoms with Gasteiger partial charge in [0.2, 0.25) is 0 Å². The van der Waals surface area contributed by atoms with Crippen molar-refractivity contribution in [3.63, 3.8) is 0 Å². The zero-order valence-corrected chi connectivity index (χ0v) is 10.8. The van der Waals surface area contributed by atoms with Crippen molar-refractivity contribution in [2.45, 2.75) is 38.1 Å². The first kappa shape index (κ1) is 11.5. The van der Waals surface area contributed by atoms with E-state index in [1.165, 1.54) is 32.2 Å². The molecule has 17 heavy (non-hydrogen) atoms. The van der Waals surface area contributed by atoms with Crippen LogP contribution >= 0.6 is 0 Å². The second-order valence-corrected chi connectivity index (χ2v) is 5.55. The summed E-state index contributed by atoms with van der Waals surface area (Å²) in [6.07, 6.45) is 12.2. The topological polar surface area (TPSA) is 12.5 Å². The molecule has 94 valence electrons. The Kier molecular flexibility index (Phi) is 3.10. The van der Waals surface area contributed by atoms with E-state index in [2.05, 4.69) is 30.1 Å². The van der Waals surface area contributed by atoms with E-state index >= 15 is 0 Å². The van der Waals surface area contributed by atoms with E-state index in [9.17, 15) is 0 Å². The predicted molar refractivity (Wildman–Crippen MR) is 70.0 cm³/mol. The number of allylic oxidation sites excluding steroid dienone is 2. The fourth-order valence-corrected chi connectivity index (χ4v) is 3.52. The lowest BCUT2D eigenvalue weighted by molar-refractivity contribution is 0.132. The molecule has 3 rings (SSSR count). The minimum atomic E-state index is 0.382. The fraction of sp³-hybridized carbons (Fsp3) is 0.733. The lowest BCUT2D eigenvalue weighted by atomic mass is 9.96. The second kappa shape index (κ2) is 4.58. The van der Waals surface area contributed by atoms with E-state index in [4.69, 9.17) is 4.74 Å². The summed E-state index contributed by atoms with van der Waals surface area (Å²) in [6, 6.07) is 0. The first-order valence-electron chi connectivity index (χ1n) is 7.08. The average molecular weight is 233 g/mol. The van der Waals surface area contributed by atoms with Gasteiger partial charge in [0, 0.05) is 31.2 Å². The van der Waals surface area contributed by atoms with Crippen LogP contribution in [0.1, 0.15) is 32.6 Å². The van der Waals surface area contributed by atoms with Crippen LogP contribution in [0, 0.1) is 5.92 Å². The number of fused-ring (bicyclic) bond motifs is 1. The molecule has 1 aliphatic heterocycles. The van der Waals surface area contributed by atoms with Gasteiger partial charge in [-0.05, 0) is 19.3 Å².